The minimum atomic E-state index is -0.338. The van der Waals surface area contributed by atoms with Crippen molar-refractivity contribution in [3.8, 4) is 0 Å². The number of hydrogen-bond acceptors (Lipinski definition) is 3. The fourth-order valence-corrected chi connectivity index (χ4v) is 0.879. The van der Waals surface area contributed by atoms with E-state index in [4.69, 9.17) is 17.3 Å². The maximum Gasteiger partial charge on any atom is 0.278 e. The highest BCUT2D eigenvalue weighted by Gasteiger charge is 2.03. The summed E-state index contributed by atoms with van der Waals surface area (Å²) in [4.78, 5) is 15.0. The zero-order valence-corrected chi connectivity index (χ0v) is 7.08. The lowest BCUT2D eigenvalue weighted by atomic mass is 10.5. The number of nitrogens with two attached hydrogens (primary N) is 1. The van der Waals surface area contributed by atoms with Gasteiger partial charge in [-0.05, 0) is 0 Å². The predicted octanol–water partition coefficient (Wildman–Crippen LogP) is 0.665. The number of anilines is 1. The Morgan fingerprint density at radius 1 is 1.83 bits per heavy atom. The first-order valence-electron chi connectivity index (χ1n) is 3.28. The van der Waals surface area contributed by atoms with Crippen molar-refractivity contribution in [1.29, 1.82) is 0 Å². The third-order valence-electron chi connectivity index (χ3n) is 1.35. The molecular weight excluding hydrogens is 178 g/mol. The second kappa shape index (κ2) is 3.40. The standard InChI is InChI=1S/C7H8ClN3O/c1-2-3-11-4-10-6(8)5(9)7(11)12/h2,4H,1,3,9H2. The maximum atomic E-state index is 11.2. The summed E-state index contributed by atoms with van der Waals surface area (Å²) in [6.07, 6.45) is 2.92. The summed E-state index contributed by atoms with van der Waals surface area (Å²) in [5.41, 5.74) is 4.99. The molecule has 0 aliphatic rings. The van der Waals surface area contributed by atoms with Crippen molar-refractivity contribution in [3.05, 3.63) is 34.5 Å². The van der Waals surface area contributed by atoms with E-state index in [1.54, 1.807) is 6.08 Å². The lowest BCUT2D eigenvalue weighted by Gasteiger charge is -2.02. The summed E-state index contributed by atoms with van der Waals surface area (Å²) in [5, 5.41) is 0.0420. The first kappa shape index (κ1) is 8.80. The van der Waals surface area contributed by atoms with E-state index in [9.17, 15) is 4.79 Å². The number of nitrogen functional groups attached to an aromatic ring is 1. The van der Waals surface area contributed by atoms with Crippen LogP contribution in [-0.4, -0.2) is 9.55 Å². The van der Waals surface area contributed by atoms with E-state index in [2.05, 4.69) is 11.6 Å². The summed E-state index contributed by atoms with van der Waals surface area (Å²) in [7, 11) is 0. The molecule has 0 aliphatic heterocycles. The van der Waals surface area contributed by atoms with Gasteiger partial charge < -0.3 is 5.73 Å². The average molecular weight is 186 g/mol. The van der Waals surface area contributed by atoms with E-state index in [1.165, 1.54) is 10.9 Å². The Kier molecular flexibility index (Phi) is 2.50. The smallest absolute Gasteiger partial charge is 0.278 e. The fourth-order valence-electron chi connectivity index (χ4n) is 0.754. The van der Waals surface area contributed by atoms with Gasteiger partial charge in [-0.1, -0.05) is 17.7 Å². The van der Waals surface area contributed by atoms with Crippen molar-refractivity contribution >= 4 is 17.3 Å². The maximum absolute atomic E-state index is 11.2. The van der Waals surface area contributed by atoms with Crippen molar-refractivity contribution in [1.82, 2.24) is 9.55 Å². The Morgan fingerprint density at radius 2 is 2.50 bits per heavy atom. The molecule has 64 valence electrons. The zero-order chi connectivity index (χ0) is 9.14. The van der Waals surface area contributed by atoms with E-state index in [0.29, 0.717) is 6.54 Å². The number of rotatable bonds is 2. The lowest BCUT2D eigenvalue weighted by molar-refractivity contribution is 0.758. The molecule has 0 saturated carbocycles. The van der Waals surface area contributed by atoms with Gasteiger partial charge in [0.15, 0.2) is 5.15 Å². The second-order valence-electron chi connectivity index (χ2n) is 2.20. The molecule has 0 saturated heterocycles. The van der Waals surface area contributed by atoms with Gasteiger partial charge in [0, 0.05) is 6.54 Å². The number of allylic oxidation sites excluding steroid dienone is 1. The molecule has 1 heterocycles. The van der Waals surface area contributed by atoms with E-state index >= 15 is 0 Å². The van der Waals surface area contributed by atoms with E-state index in [1.807, 2.05) is 0 Å². The Hall–Kier alpha value is -1.29. The quantitative estimate of drug-likeness (QED) is 0.544. The number of aromatic nitrogens is 2. The summed E-state index contributed by atoms with van der Waals surface area (Å²) in [5.74, 6) is 0. The van der Waals surface area contributed by atoms with E-state index < -0.39 is 0 Å². The molecule has 0 aromatic carbocycles. The second-order valence-corrected chi connectivity index (χ2v) is 2.55. The van der Waals surface area contributed by atoms with Gasteiger partial charge in [-0.25, -0.2) is 4.98 Å². The van der Waals surface area contributed by atoms with Gasteiger partial charge in [-0.2, -0.15) is 0 Å². The Labute approximate surface area is 74.3 Å². The molecule has 0 atom stereocenters. The molecule has 1 aromatic heterocycles. The molecule has 0 spiro atoms. The normalized spacial score (nSPS) is 9.75. The topological polar surface area (TPSA) is 60.9 Å². The Bertz CT molecular complexity index is 358. The average Bonchev–Trinajstić information content (AvgIpc) is 2.07. The van der Waals surface area contributed by atoms with Crippen LogP contribution in [0, 0.1) is 0 Å². The van der Waals surface area contributed by atoms with Gasteiger partial charge in [-0.15, -0.1) is 6.58 Å². The van der Waals surface area contributed by atoms with Crippen LogP contribution >= 0.6 is 11.6 Å². The van der Waals surface area contributed by atoms with Gasteiger partial charge in [0.1, 0.15) is 5.69 Å². The van der Waals surface area contributed by atoms with Crippen LogP contribution in [0.4, 0.5) is 5.69 Å². The molecular formula is C7H8ClN3O. The predicted molar refractivity (Wildman–Crippen MR) is 48.1 cm³/mol. The molecule has 0 bridgehead atoms. The first-order valence-corrected chi connectivity index (χ1v) is 3.66. The summed E-state index contributed by atoms with van der Waals surface area (Å²) >= 11 is 5.51. The van der Waals surface area contributed by atoms with Crippen LogP contribution in [0.2, 0.25) is 5.15 Å². The van der Waals surface area contributed by atoms with Crippen LogP contribution in [0.5, 0.6) is 0 Å². The number of hydrogen-bond donors (Lipinski definition) is 1. The van der Waals surface area contributed by atoms with Crippen molar-refractivity contribution in [2.24, 2.45) is 0 Å². The Balaban J connectivity index is 3.26. The summed E-state index contributed by atoms with van der Waals surface area (Å²) < 4.78 is 1.33. The molecule has 4 nitrogen and oxygen atoms in total. The number of halogens is 1. The van der Waals surface area contributed by atoms with Crippen LogP contribution in [0.1, 0.15) is 0 Å². The van der Waals surface area contributed by atoms with Crippen LogP contribution in [0.15, 0.2) is 23.8 Å². The van der Waals surface area contributed by atoms with Crippen LogP contribution < -0.4 is 11.3 Å². The van der Waals surface area contributed by atoms with Crippen molar-refractivity contribution in [2.75, 3.05) is 5.73 Å². The number of nitrogens with zero attached hydrogens (tertiary/aromatic N) is 2. The molecule has 0 unspecified atom stereocenters. The van der Waals surface area contributed by atoms with Gasteiger partial charge in [-0.3, -0.25) is 9.36 Å². The van der Waals surface area contributed by atoms with E-state index in [0.717, 1.165) is 0 Å². The van der Waals surface area contributed by atoms with Gasteiger partial charge >= 0.3 is 0 Å². The largest absolute Gasteiger partial charge is 0.392 e. The van der Waals surface area contributed by atoms with E-state index in [-0.39, 0.29) is 16.4 Å². The van der Waals surface area contributed by atoms with Crippen molar-refractivity contribution < 1.29 is 0 Å². The van der Waals surface area contributed by atoms with Crippen LogP contribution in [0.3, 0.4) is 0 Å². The zero-order valence-electron chi connectivity index (χ0n) is 6.33. The molecule has 0 aliphatic carbocycles. The molecule has 2 N–H and O–H groups in total. The first-order chi connectivity index (χ1) is 5.66. The third kappa shape index (κ3) is 1.48. The van der Waals surface area contributed by atoms with Crippen LogP contribution in [-0.2, 0) is 6.54 Å². The highest BCUT2D eigenvalue weighted by Crippen LogP contribution is 2.07. The monoisotopic (exact) mass is 185 g/mol. The highest BCUT2D eigenvalue weighted by molar-refractivity contribution is 6.31. The fraction of sp³-hybridized carbons (Fsp3) is 0.143. The molecule has 1 aromatic rings. The van der Waals surface area contributed by atoms with Gasteiger partial charge in [0.25, 0.3) is 5.56 Å². The molecule has 5 heteroatoms. The third-order valence-corrected chi connectivity index (χ3v) is 1.65. The molecule has 1 rings (SSSR count). The van der Waals surface area contributed by atoms with Crippen molar-refractivity contribution in [3.63, 3.8) is 0 Å². The van der Waals surface area contributed by atoms with Gasteiger partial charge in [0.05, 0.1) is 6.33 Å². The minimum Gasteiger partial charge on any atom is -0.392 e. The minimum absolute atomic E-state index is 0.0268. The summed E-state index contributed by atoms with van der Waals surface area (Å²) in [6.45, 7) is 3.87. The summed E-state index contributed by atoms with van der Waals surface area (Å²) in [6, 6.07) is 0. The molecule has 0 fully saturated rings. The molecule has 0 radical (unpaired) electrons. The van der Waals surface area contributed by atoms with Crippen LogP contribution in [0.25, 0.3) is 0 Å². The Morgan fingerprint density at radius 3 is 3.08 bits per heavy atom. The molecule has 0 amide bonds. The lowest BCUT2D eigenvalue weighted by Crippen LogP contribution is -2.23. The van der Waals surface area contributed by atoms with Gasteiger partial charge in [0.2, 0.25) is 0 Å². The SMILES string of the molecule is C=CCn1cnc(Cl)c(N)c1=O. The van der Waals surface area contributed by atoms with Crippen molar-refractivity contribution in [2.45, 2.75) is 6.54 Å². The molecule has 12 heavy (non-hydrogen) atoms. The highest BCUT2D eigenvalue weighted by atomic mass is 35.5.